The summed E-state index contributed by atoms with van der Waals surface area (Å²) in [5.41, 5.74) is -0.246. The first kappa shape index (κ1) is 20.4. The van der Waals surface area contributed by atoms with Gasteiger partial charge in [0.25, 0.3) is 5.69 Å². The largest absolute Gasteiger partial charge is 0.294 e. The second-order valence-electron chi connectivity index (χ2n) is 7.39. The van der Waals surface area contributed by atoms with Crippen molar-refractivity contribution < 1.29 is 22.1 Å². The van der Waals surface area contributed by atoms with Gasteiger partial charge in [-0.1, -0.05) is 6.92 Å². The minimum Gasteiger partial charge on any atom is -0.292 e. The molecule has 2 heterocycles. The van der Waals surface area contributed by atoms with Crippen LogP contribution in [0.5, 0.6) is 0 Å². The number of aromatic nitrogens is 2. The zero-order valence-electron chi connectivity index (χ0n) is 16.0. The number of fused-ring (bicyclic) bond motifs is 1. The fourth-order valence-corrected chi connectivity index (χ4v) is 5.34. The van der Waals surface area contributed by atoms with E-state index in [1.807, 2.05) is 6.92 Å². The summed E-state index contributed by atoms with van der Waals surface area (Å²) in [6.07, 6.45) is 2.85. The number of nitro groups is 1. The molecule has 1 fully saturated rings. The van der Waals surface area contributed by atoms with Crippen LogP contribution in [0.3, 0.4) is 0 Å². The third kappa shape index (κ3) is 3.43. The molecular weight excluding hydrogens is 418 g/mol. The summed E-state index contributed by atoms with van der Waals surface area (Å²) in [6, 6.07) is 5.34. The molecule has 0 radical (unpaired) electrons. The molecule has 1 atom stereocenters. The molecule has 0 saturated carbocycles. The Hall–Kier alpha value is -2.92. The standard InChI is InChI=1S/C19H18F2N4O4S/c1-12-3-2-6-23(10-12)30(28,29)13-4-5-17(19(7-13)25(26)27)24-11-22-16-8-14(20)15(21)9-18(16)24/h4-5,7-9,11-12H,2-3,6,10H2,1H3. The van der Waals surface area contributed by atoms with Gasteiger partial charge in [0.05, 0.1) is 20.9 Å². The summed E-state index contributed by atoms with van der Waals surface area (Å²) in [5.74, 6) is -2.00. The van der Waals surface area contributed by atoms with Crippen LogP contribution in [0, 0.1) is 27.7 Å². The molecule has 3 aromatic rings. The van der Waals surface area contributed by atoms with Crippen molar-refractivity contribution in [1.82, 2.24) is 13.9 Å². The number of hydrogen-bond acceptors (Lipinski definition) is 5. The molecule has 158 valence electrons. The van der Waals surface area contributed by atoms with E-state index in [4.69, 9.17) is 0 Å². The van der Waals surface area contributed by atoms with Crippen LogP contribution in [0.15, 0.2) is 41.6 Å². The number of halogens is 2. The molecule has 8 nitrogen and oxygen atoms in total. The first-order valence-corrected chi connectivity index (χ1v) is 10.7. The number of nitro benzene ring substituents is 1. The monoisotopic (exact) mass is 436 g/mol. The maximum absolute atomic E-state index is 13.7. The van der Waals surface area contributed by atoms with Crippen molar-refractivity contribution in [3.63, 3.8) is 0 Å². The SMILES string of the molecule is CC1CCCN(S(=O)(=O)c2ccc(-n3cnc4cc(F)c(F)cc43)c([N+](=O)[O-])c2)C1. The van der Waals surface area contributed by atoms with E-state index < -0.39 is 32.3 Å². The molecule has 11 heteroatoms. The molecule has 1 saturated heterocycles. The van der Waals surface area contributed by atoms with Crippen molar-refractivity contribution >= 4 is 26.7 Å². The van der Waals surface area contributed by atoms with Crippen molar-refractivity contribution in [1.29, 1.82) is 0 Å². The fraction of sp³-hybridized carbons (Fsp3) is 0.316. The van der Waals surface area contributed by atoms with E-state index in [9.17, 15) is 27.3 Å². The average Bonchev–Trinajstić information content (AvgIpc) is 3.10. The third-order valence-electron chi connectivity index (χ3n) is 5.25. The van der Waals surface area contributed by atoms with Gasteiger partial charge in [-0.25, -0.2) is 22.2 Å². The summed E-state index contributed by atoms with van der Waals surface area (Å²) in [6.45, 7) is 2.67. The molecule has 4 rings (SSSR count). The summed E-state index contributed by atoms with van der Waals surface area (Å²) >= 11 is 0. The average molecular weight is 436 g/mol. The fourth-order valence-electron chi connectivity index (χ4n) is 3.72. The molecule has 0 aliphatic carbocycles. The first-order chi connectivity index (χ1) is 14.2. The smallest absolute Gasteiger partial charge is 0.292 e. The van der Waals surface area contributed by atoms with E-state index in [1.165, 1.54) is 27.3 Å². The highest BCUT2D eigenvalue weighted by molar-refractivity contribution is 7.89. The summed E-state index contributed by atoms with van der Waals surface area (Å²) in [7, 11) is -3.90. The minimum atomic E-state index is -3.90. The van der Waals surface area contributed by atoms with Gasteiger partial charge in [-0.15, -0.1) is 0 Å². The number of hydrogen-bond donors (Lipinski definition) is 0. The molecule has 30 heavy (non-hydrogen) atoms. The number of piperidine rings is 1. The molecule has 0 N–H and O–H groups in total. The maximum Gasteiger partial charge on any atom is 0.294 e. The summed E-state index contributed by atoms with van der Waals surface area (Å²) in [5, 5.41) is 11.7. The van der Waals surface area contributed by atoms with Crippen LogP contribution in [-0.2, 0) is 10.0 Å². The lowest BCUT2D eigenvalue weighted by molar-refractivity contribution is -0.384. The van der Waals surface area contributed by atoms with Gasteiger partial charge in [-0.3, -0.25) is 14.7 Å². The van der Waals surface area contributed by atoms with Crippen LogP contribution in [0.2, 0.25) is 0 Å². The van der Waals surface area contributed by atoms with E-state index in [2.05, 4.69) is 4.98 Å². The lowest BCUT2D eigenvalue weighted by atomic mass is 10.0. The van der Waals surface area contributed by atoms with Crippen LogP contribution in [-0.4, -0.2) is 40.3 Å². The van der Waals surface area contributed by atoms with Crippen LogP contribution in [0.1, 0.15) is 19.8 Å². The van der Waals surface area contributed by atoms with Crippen molar-refractivity contribution in [3.8, 4) is 5.69 Å². The molecule has 1 aliphatic rings. The number of imidazole rings is 1. The van der Waals surface area contributed by atoms with Gasteiger partial charge in [-0.05, 0) is 30.9 Å². The Morgan fingerprint density at radius 2 is 1.93 bits per heavy atom. The molecule has 2 aromatic carbocycles. The number of benzene rings is 2. The topological polar surface area (TPSA) is 98.3 Å². The van der Waals surface area contributed by atoms with Crippen molar-refractivity contribution in [2.75, 3.05) is 13.1 Å². The summed E-state index contributed by atoms with van der Waals surface area (Å²) < 4.78 is 55.7. The normalized spacial score (nSPS) is 18.0. The summed E-state index contributed by atoms with van der Waals surface area (Å²) in [4.78, 5) is 14.8. The second kappa shape index (κ2) is 7.40. The Bertz CT molecular complexity index is 1260. The molecule has 1 unspecified atom stereocenters. The minimum absolute atomic E-state index is 0.000490. The zero-order valence-corrected chi connectivity index (χ0v) is 16.8. The van der Waals surface area contributed by atoms with E-state index in [0.717, 1.165) is 31.0 Å². The van der Waals surface area contributed by atoms with Crippen LogP contribution < -0.4 is 0 Å². The quantitative estimate of drug-likeness (QED) is 0.459. The number of nitrogens with zero attached hydrogens (tertiary/aromatic N) is 4. The van der Waals surface area contributed by atoms with E-state index in [0.29, 0.717) is 13.1 Å². The van der Waals surface area contributed by atoms with Gasteiger partial charge in [-0.2, -0.15) is 4.31 Å². The number of rotatable bonds is 4. The highest BCUT2D eigenvalue weighted by Crippen LogP contribution is 2.32. The third-order valence-corrected chi connectivity index (χ3v) is 7.11. The Morgan fingerprint density at radius 1 is 1.20 bits per heavy atom. The lowest BCUT2D eigenvalue weighted by Crippen LogP contribution is -2.39. The Kier molecular flexibility index (Phi) is 5.02. The van der Waals surface area contributed by atoms with Gasteiger partial charge in [0.2, 0.25) is 10.0 Å². The second-order valence-corrected chi connectivity index (χ2v) is 9.33. The molecular formula is C19H18F2N4O4S. The van der Waals surface area contributed by atoms with Crippen molar-refractivity contribution in [2.24, 2.45) is 5.92 Å². The highest BCUT2D eigenvalue weighted by Gasteiger charge is 2.31. The molecule has 1 aromatic heterocycles. The molecule has 0 bridgehead atoms. The highest BCUT2D eigenvalue weighted by atomic mass is 32.2. The van der Waals surface area contributed by atoms with Gasteiger partial charge >= 0.3 is 0 Å². The van der Waals surface area contributed by atoms with Crippen LogP contribution in [0.4, 0.5) is 14.5 Å². The van der Waals surface area contributed by atoms with Gasteiger partial charge < -0.3 is 0 Å². The molecule has 1 aliphatic heterocycles. The van der Waals surface area contributed by atoms with Gasteiger partial charge in [0, 0.05) is 31.3 Å². The van der Waals surface area contributed by atoms with Crippen LogP contribution in [0.25, 0.3) is 16.7 Å². The number of sulfonamides is 1. The maximum atomic E-state index is 13.7. The van der Waals surface area contributed by atoms with Gasteiger partial charge in [0.1, 0.15) is 12.0 Å². The van der Waals surface area contributed by atoms with E-state index in [-0.39, 0.29) is 27.5 Å². The lowest BCUT2D eigenvalue weighted by Gasteiger charge is -2.30. The Labute approximate surface area is 170 Å². The first-order valence-electron chi connectivity index (χ1n) is 9.29. The van der Waals surface area contributed by atoms with E-state index >= 15 is 0 Å². The van der Waals surface area contributed by atoms with Crippen molar-refractivity contribution in [2.45, 2.75) is 24.7 Å². The Morgan fingerprint density at radius 3 is 2.63 bits per heavy atom. The van der Waals surface area contributed by atoms with Gasteiger partial charge in [0.15, 0.2) is 11.6 Å². The zero-order chi connectivity index (χ0) is 21.6. The predicted molar refractivity (Wildman–Crippen MR) is 105 cm³/mol. The predicted octanol–water partition coefficient (Wildman–Crippen LogP) is 3.63. The molecule has 0 spiro atoms. The van der Waals surface area contributed by atoms with Crippen LogP contribution >= 0.6 is 0 Å². The Balaban J connectivity index is 1.82. The molecule has 0 amide bonds. The van der Waals surface area contributed by atoms with E-state index in [1.54, 1.807) is 0 Å². The van der Waals surface area contributed by atoms with Crippen molar-refractivity contribution in [3.05, 3.63) is 58.4 Å².